The zero-order valence-corrected chi connectivity index (χ0v) is 21.3. The highest BCUT2D eigenvalue weighted by Crippen LogP contribution is 2.32. The molecule has 35 heavy (non-hydrogen) atoms. The zero-order valence-electron chi connectivity index (χ0n) is 19.8. The molecule has 0 aliphatic rings. The molecular formula is C25H28ClN3O5S. The average molecular weight is 518 g/mol. The molecule has 1 amide bonds. The van der Waals surface area contributed by atoms with Crippen LogP contribution in [0.1, 0.15) is 0 Å². The number of hydrogen-bond donors (Lipinski definition) is 1. The normalized spacial score (nSPS) is 11.0. The number of anilines is 2. The van der Waals surface area contributed by atoms with Crippen LogP contribution in [0.4, 0.5) is 11.4 Å². The summed E-state index contributed by atoms with van der Waals surface area (Å²) in [6.45, 7) is 0.488. The van der Waals surface area contributed by atoms with Crippen molar-refractivity contribution in [3.8, 4) is 11.5 Å². The highest BCUT2D eigenvalue weighted by Gasteiger charge is 2.28. The number of carbonyl (C=O) groups is 1. The maximum absolute atomic E-state index is 13.6. The number of hydrogen-bond acceptors (Lipinski definition) is 6. The van der Waals surface area contributed by atoms with Gasteiger partial charge in [-0.2, -0.15) is 0 Å². The van der Waals surface area contributed by atoms with E-state index in [4.69, 9.17) is 21.1 Å². The van der Waals surface area contributed by atoms with Crippen molar-refractivity contribution in [1.29, 1.82) is 0 Å². The summed E-state index contributed by atoms with van der Waals surface area (Å²) in [5, 5.41) is 3.25. The summed E-state index contributed by atoms with van der Waals surface area (Å²) < 4.78 is 38.7. The highest BCUT2D eigenvalue weighted by atomic mass is 35.5. The van der Waals surface area contributed by atoms with Gasteiger partial charge in [0.05, 0.1) is 24.8 Å². The van der Waals surface area contributed by atoms with E-state index in [0.717, 1.165) is 9.99 Å². The lowest BCUT2D eigenvalue weighted by Crippen LogP contribution is -2.42. The van der Waals surface area contributed by atoms with Gasteiger partial charge in [-0.1, -0.05) is 29.8 Å². The van der Waals surface area contributed by atoms with E-state index in [1.807, 2.05) is 42.3 Å². The van der Waals surface area contributed by atoms with Gasteiger partial charge in [-0.15, -0.1) is 0 Å². The number of para-hydroxylation sites is 1. The van der Waals surface area contributed by atoms with Crippen molar-refractivity contribution in [3.05, 3.63) is 77.8 Å². The number of amides is 1. The Labute approximate surface area is 211 Å². The third-order valence-corrected chi connectivity index (χ3v) is 7.33. The van der Waals surface area contributed by atoms with Gasteiger partial charge in [0.15, 0.2) is 11.5 Å². The van der Waals surface area contributed by atoms with E-state index in [1.165, 1.54) is 32.4 Å². The topological polar surface area (TPSA) is 88.2 Å². The maximum atomic E-state index is 13.6. The van der Waals surface area contributed by atoms with Gasteiger partial charge in [0, 0.05) is 36.9 Å². The molecule has 3 aromatic carbocycles. The van der Waals surface area contributed by atoms with E-state index < -0.39 is 22.5 Å². The van der Waals surface area contributed by atoms with Crippen molar-refractivity contribution in [3.63, 3.8) is 0 Å². The highest BCUT2D eigenvalue weighted by molar-refractivity contribution is 7.92. The van der Waals surface area contributed by atoms with Gasteiger partial charge in [-0.3, -0.25) is 9.10 Å². The van der Waals surface area contributed by atoms with E-state index in [9.17, 15) is 13.2 Å². The molecule has 0 radical (unpaired) electrons. The fourth-order valence-electron chi connectivity index (χ4n) is 3.39. The van der Waals surface area contributed by atoms with Crippen molar-refractivity contribution < 1.29 is 22.7 Å². The van der Waals surface area contributed by atoms with Crippen molar-refractivity contribution >= 4 is 38.9 Å². The number of halogens is 1. The van der Waals surface area contributed by atoms with Crippen LogP contribution >= 0.6 is 11.6 Å². The summed E-state index contributed by atoms with van der Waals surface area (Å²) in [4.78, 5) is 14.8. The predicted molar refractivity (Wildman–Crippen MR) is 138 cm³/mol. The van der Waals surface area contributed by atoms with Crippen LogP contribution in [0.2, 0.25) is 5.02 Å². The monoisotopic (exact) mass is 517 g/mol. The number of carbonyl (C=O) groups excluding carboxylic acids is 1. The van der Waals surface area contributed by atoms with Crippen LogP contribution in [0.15, 0.2) is 77.7 Å². The molecule has 1 N–H and O–H groups in total. The summed E-state index contributed by atoms with van der Waals surface area (Å²) in [5.74, 6) is 0.216. The molecular weight excluding hydrogens is 490 g/mol. The van der Waals surface area contributed by atoms with Gasteiger partial charge < -0.3 is 19.7 Å². The van der Waals surface area contributed by atoms with Crippen LogP contribution in [0.3, 0.4) is 0 Å². The lowest BCUT2D eigenvalue weighted by molar-refractivity contribution is -0.119. The number of nitrogens with zero attached hydrogens (tertiary/aromatic N) is 2. The van der Waals surface area contributed by atoms with Gasteiger partial charge in [-0.25, -0.2) is 8.42 Å². The Morgan fingerprint density at radius 1 is 0.914 bits per heavy atom. The molecule has 0 bridgehead atoms. The van der Waals surface area contributed by atoms with E-state index in [2.05, 4.69) is 5.32 Å². The maximum Gasteiger partial charge on any atom is 0.264 e. The molecule has 0 unspecified atom stereocenters. The van der Waals surface area contributed by atoms with Gasteiger partial charge >= 0.3 is 0 Å². The lowest BCUT2D eigenvalue weighted by atomic mass is 10.3. The molecule has 3 aromatic rings. The van der Waals surface area contributed by atoms with Crippen LogP contribution in [0.25, 0.3) is 0 Å². The Morgan fingerprint density at radius 3 is 2.20 bits per heavy atom. The first-order chi connectivity index (χ1) is 16.8. The fraction of sp³-hybridized carbons (Fsp3) is 0.240. The minimum Gasteiger partial charge on any atom is -0.493 e. The van der Waals surface area contributed by atoms with Crippen molar-refractivity contribution in [2.24, 2.45) is 0 Å². The molecule has 3 rings (SSSR count). The summed E-state index contributed by atoms with van der Waals surface area (Å²) >= 11 is 5.99. The van der Waals surface area contributed by atoms with Crippen LogP contribution < -0.4 is 24.0 Å². The minimum atomic E-state index is -4.12. The Morgan fingerprint density at radius 2 is 1.57 bits per heavy atom. The third kappa shape index (κ3) is 6.58. The lowest BCUT2D eigenvalue weighted by Gasteiger charge is -2.25. The number of likely N-dealkylation sites (N-methyl/N-ethyl adjacent to an activating group) is 1. The minimum absolute atomic E-state index is 0.0401. The Kier molecular flexibility index (Phi) is 8.84. The number of benzene rings is 3. The Balaban J connectivity index is 1.80. The number of rotatable bonds is 11. The molecule has 0 saturated carbocycles. The molecule has 0 heterocycles. The molecule has 0 saturated heterocycles. The molecule has 0 aromatic heterocycles. The molecule has 0 aliphatic heterocycles. The van der Waals surface area contributed by atoms with Gasteiger partial charge in [0.1, 0.15) is 6.54 Å². The largest absolute Gasteiger partial charge is 0.493 e. The van der Waals surface area contributed by atoms with Crippen molar-refractivity contribution in [2.45, 2.75) is 4.90 Å². The second kappa shape index (κ2) is 11.8. The summed E-state index contributed by atoms with van der Waals surface area (Å²) in [7, 11) is 0.685. The number of ether oxygens (including phenoxy) is 2. The molecule has 186 valence electrons. The average Bonchev–Trinajstić information content (AvgIpc) is 2.87. The van der Waals surface area contributed by atoms with Crippen LogP contribution in [0.5, 0.6) is 11.5 Å². The van der Waals surface area contributed by atoms with Crippen LogP contribution in [-0.4, -0.2) is 55.2 Å². The first-order valence-electron chi connectivity index (χ1n) is 10.8. The second-order valence-corrected chi connectivity index (χ2v) is 9.91. The summed E-state index contributed by atoms with van der Waals surface area (Å²) in [6, 6.07) is 20.3. The zero-order chi connectivity index (χ0) is 25.4. The third-order valence-electron chi connectivity index (χ3n) is 5.31. The van der Waals surface area contributed by atoms with Crippen molar-refractivity contribution in [2.75, 3.05) is 50.1 Å². The first kappa shape index (κ1) is 26.2. The summed E-state index contributed by atoms with van der Waals surface area (Å²) in [5.41, 5.74) is 1.32. The quantitative estimate of drug-likeness (QED) is 0.416. The Bertz CT molecular complexity index is 1240. The standard InChI is InChI=1S/C25H28ClN3O5S/c1-28(20-7-5-4-6-8-20)16-15-27-25(30)18-29(21-11-9-19(26)10-12-21)35(31,32)22-13-14-23(33-2)24(17-22)34-3/h4-14,17H,15-16,18H2,1-3H3,(H,27,30). The van der Waals surface area contributed by atoms with Crippen LogP contribution in [-0.2, 0) is 14.8 Å². The SMILES string of the molecule is COc1ccc(S(=O)(=O)N(CC(=O)NCCN(C)c2ccccc2)c2ccc(Cl)cc2)cc1OC. The predicted octanol–water partition coefficient (Wildman–Crippen LogP) is 3.81. The number of methoxy groups -OCH3 is 2. The van der Waals surface area contributed by atoms with Gasteiger partial charge in [0.25, 0.3) is 10.0 Å². The second-order valence-electron chi connectivity index (χ2n) is 7.61. The van der Waals surface area contributed by atoms with Crippen LogP contribution in [0, 0.1) is 0 Å². The molecule has 8 nitrogen and oxygen atoms in total. The van der Waals surface area contributed by atoms with E-state index in [0.29, 0.717) is 29.5 Å². The fourth-order valence-corrected chi connectivity index (χ4v) is 4.95. The smallest absolute Gasteiger partial charge is 0.264 e. The molecule has 0 aliphatic carbocycles. The van der Waals surface area contributed by atoms with E-state index >= 15 is 0 Å². The van der Waals surface area contributed by atoms with Crippen molar-refractivity contribution in [1.82, 2.24) is 5.32 Å². The Hall–Kier alpha value is -3.43. The van der Waals surface area contributed by atoms with Gasteiger partial charge in [0.2, 0.25) is 5.91 Å². The molecule has 10 heteroatoms. The summed E-state index contributed by atoms with van der Waals surface area (Å²) in [6.07, 6.45) is 0. The van der Waals surface area contributed by atoms with Gasteiger partial charge in [-0.05, 0) is 48.5 Å². The van der Waals surface area contributed by atoms with E-state index in [-0.39, 0.29) is 10.6 Å². The van der Waals surface area contributed by atoms with E-state index in [1.54, 1.807) is 24.3 Å². The number of sulfonamides is 1. The molecule has 0 atom stereocenters. The first-order valence-corrected chi connectivity index (χ1v) is 12.6. The number of nitrogens with one attached hydrogen (secondary N) is 1. The molecule has 0 fully saturated rings. The molecule has 0 spiro atoms.